The topological polar surface area (TPSA) is 46.5 Å². The first kappa shape index (κ1) is 23.0. The molecule has 0 saturated carbocycles. The Hall–Kier alpha value is -1.65. The van der Waals surface area contributed by atoms with Crippen LogP contribution in [0.2, 0.25) is 0 Å². The van der Waals surface area contributed by atoms with Crippen molar-refractivity contribution in [3.8, 4) is 0 Å². The Balaban J connectivity index is 1.72. The fraction of sp³-hybridized carbons (Fsp3) is 0.571. The van der Waals surface area contributed by atoms with Crippen LogP contribution in [0.15, 0.2) is 24.3 Å². The number of halogens is 4. The van der Waals surface area contributed by atoms with Gasteiger partial charge >= 0.3 is 12.3 Å². The lowest BCUT2D eigenvalue weighted by Gasteiger charge is -2.26. The summed E-state index contributed by atoms with van der Waals surface area (Å²) in [4.78, 5) is 14.1. The summed E-state index contributed by atoms with van der Waals surface area (Å²) in [5, 5.41) is 4.28. The van der Waals surface area contributed by atoms with E-state index in [1.54, 1.807) is 23.1 Å². The van der Waals surface area contributed by atoms with Crippen molar-refractivity contribution in [1.82, 2.24) is 9.47 Å². The van der Waals surface area contributed by atoms with Crippen LogP contribution in [0.5, 0.6) is 0 Å². The number of alkyl halides is 3. The maximum absolute atomic E-state index is 13.0. The maximum atomic E-state index is 13.0. The van der Waals surface area contributed by atoms with Crippen LogP contribution in [0.25, 0.3) is 10.9 Å². The summed E-state index contributed by atoms with van der Waals surface area (Å²) in [6, 6.07) is 7.30. The minimum absolute atomic E-state index is 0.131. The number of ether oxygens (including phenoxy) is 1. The first-order chi connectivity index (χ1) is 13.9. The third kappa shape index (κ3) is 5.95. The predicted molar refractivity (Wildman–Crippen MR) is 120 cm³/mol. The number of hydrogen-bond donors (Lipinski definition) is 1. The molecule has 1 aliphatic rings. The van der Waals surface area contributed by atoms with Gasteiger partial charge in [0.15, 0.2) is 0 Å². The zero-order chi connectivity index (χ0) is 22.1. The van der Waals surface area contributed by atoms with Gasteiger partial charge in [-0.2, -0.15) is 13.2 Å². The molecule has 1 aliphatic heterocycles. The molecule has 1 atom stereocenters. The number of nitrogens with zero attached hydrogens (tertiary/aromatic N) is 2. The van der Waals surface area contributed by atoms with Crippen molar-refractivity contribution in [3.63, 3.8) is 0 Å². The Kier molecular flexibility index (Phi) is 6.78. The van der Waals surface area contributed by atoms with Gasteiger partial charge in [0.1, 0.15) is 12.1 Å². The van der Waals surface area contributed by atoms with E-state index in [9.17, 15) is 18.0 Å². The summed E-state index contributed by atoms with van der Waals surface area (Å²) in [6.45, 7) is 5.75. The Morgan fingerprint density at radius 3 is 2.63 bits per heavy atom. The monoisotopic (exact) mass is 537 g/mol. The highest BCUT2D eigenvalue weighted by atomic mass is 127. The molecule has 1 amide bonds. The number of fused-ring (bicyclic) bond motifs is 1. The van der Waals surface area contributed by atoms with Gasteiger partial charge in [-0.3, -0.25) is 0 Å². The fourth-order valence-corrected chi connectivity index (χ4v) is 4.43. The lowest BCUT2D eigenvalue weighted by molar-refractivity contribution is -0.140. The smallest absolute Gasteiger partial charge is 0.410 e. The van der Waals surface area contributed by atoms with Crippen LogP contribution in [0, 0.1) is 3.70 Å². The van der Waals surface area contributed by atoms with Crippen molar-refractivity contribution in [2.24, 2.45) is 0 Å². The minimum Gasteiger partial charge on any atom is -0.444 e. The number of carbonyl (C=O) groups excluding carboxylic acids is 1. The molecule has 2 aromatic rings. The lowest BCUT2D eigenvalue weighted by atomic mass is 10.1. The third-order valence-corrected chi connectivity index (χ3v) is 5.87. The molecule has 1 aromatic carbocycles. The second kappa shape index (κ2) is 8.84. The quantitative estimate of drug-likeness (QED) is 0.488. The third-order valence-electron chi connectivity index (χ3n) is 4.97. The molecule has 3 rings (SSSR count). The molecule has 0 radical (unpaired) electrons. The highest BCUT2D eigenvalue weighted by Crippen LogP contribution is 2.32. The van der Waals surface area contributed by atoms with Crippen molar-refractivity contribution in [2.75, 3.05) is 18.4 Å². The number of rotatable bonds is 3. The van der Waals surface area contributed by atoms with E-state index in [4.69, 9.17) is 4.74 Å². The molecular formula is C21H27F3IN3O2. The summed E-state index contributed by atoms with van der Waals surface area (Å²) in [6.07, 6.45) is -2.13. The summed E-state index contributed by atoms with van der Waals surface area (Å²) in [5.41, 5.74) is 0.852. The van der Waals surface area contributed by atoms with Crippen molar-refractivity contribution in [2.45, 2.75) is 64.4 Å². The van der Waals surface area contributed by atoms with E-state index in [2.05, 4.69) is 5.32 Å². The molecule has 1 aromatic heterocycles. The van der Waals surface area contributed by atoms with Gasteiger partial charge in [0, 0.05) is 30.2 Å². The number of aromatic nitrogens is 1. The Morgan fingerprint density at radius 1 is 1.23 bits per heavy atom. The average molecular weight is 537 g/mol. The molecule has 2 heterocycles. The van der Waals surface area contributed by atoms with Crippen LogP contribution in [0.3, 0.4) is 0 Å². The van der Waals surface area contributed by atoms with Crippen molar-refractivity contribution >= 4 is 45.3 Å². The van der Waals surface area contributed by atoms with Crippen LogP contribution in [-0.2, 0) is 11.3 Å². The van der Waals surface area contributed by atoms with Crippen LogP contribution < -0.4 is 5.32 Å². The number of nitrogens with one attached hydrogen (secondary N) is 1. The number of benzene rings is 1. The molecular weight excluding hydrogens is 510 g/mol. The number of amides is 1. The van der Waals surface area contributed by atoms with Crippen molar-refractivity contribution < 1.29 is 22.7 Å². The molecule has 0 aliphatic carbocycles. The second-order valence-electron chi connectivity index (χ2n) is 8.65. The molecule has 1 unspecified atom stereocenters. The summed E-state index contributed by atoms with van der Waals surface area (Å²) in [7, 11) is 0. The van der Waals surface area contributed by atoms with E-state index in [-0.39, 0.29) is 12.1 Å². The molecule has 9 heteroatoms. The number of carbonyl (C=O) groups is 1. The van der Waals surface area contributed by atoms with E-state index >= 15 is 0 Å². The van der Waals surface area contributed by atoms with Gasteiger partial charge in [-0.05, 0) is 80.8 Å². The van der Waals surface area contributed by atoms with Crippen molar-refractivity contribution in [3.05, 3.63) is 28.0 Å². The second-order valence-corrected chi connectivity index (χ2v) is 9.75. The fourth-order valence-electron chi connectivity index (χ4n) is 3.69. The maximum Gasteiger partial charge on any atom is 0.410 e. The van der Waals surface area contributed by atoms with Gasteiger partial charge in [-0.15, -0.1) is 0 Å². The molecule has 1 N–H and O–H groups in total. The van der Waals surface area contributed by atoms with Crippen LogP contribution in [0.4, 0.5) is 23.7 Å². The molecule has 30 heavy (non-hydrogen) atoms. The zero-order valence-electron chi connectivity index (χ0n) is 17.4. The number of likely N-dealkylation sites (tertiary alicyclic amines) is 1. The SMILES string of the molecule is CC(C)(C)OC(=O)N1CCCC(Nc2cccc3c2cc(I)n3CC(F)(F)F)CC1. The summed E-state index contributed by atoms with van der Waals surface area (Å²) >= 11 is 1.94. The van der Waals surface area contributed by atoms with E-state index in [1.807, 2.05) is 49.4 Å². The number of hydrogen-bond acceptors (Lipinski definition) is 3. The molecule has 0 bridgehead atoms. The van der Waals surface area contributed by atoms with Gasteiger partial charge in [-0.1, -0.05) is 6.07 Å². The molecule has 5 nitrogen and oxygen atoms in total. The van der Waals surface area contributed by atoms with E-state index in [0.717, 1.165) is 30.3 Å². The standard InChI is InChI=1S/C21H27F3IN3O2/c1-20(2,3)30-19(29)27-10-5-6-14(9-11-27)26-16-7-4-8-17-15(16)12-18(25)28(17)13-21(22,23)24/h4,7-8,12,14,26H,5-6,9-11,13H2,1-3H3. The average Bonchev–Trinajstić information content (AvgIpc) is 2.78. The Bertz CT molecular complexity index is 905. The molecule has 166 valence electrons. The molecule has 1 fully saturated rings. The predicted octanol–water partition coefficient (Wildman–Crippen LogP) is 6.01. The summed E-state index contributed by atoms with van der Waals surface area (Å²) in [5.74, 6) is 0. The van der Waals surface area contributed by atoms with E-state index in [0.29, 0.717) is 22.3 Å². The normalized spacial score (nSPS) is 18.4. The van der Waals surface area contributed by atoms with Gasteiger partial charge in [-0.25, -0.2) is 4.79 Å². The number of anilines is 1. The van der Waals surface area contributed by atoms with Gasteiger partial charge in [0.25, 0.3) is 0 Å². The van der Waals surface area contributed by atoms with Gasteiger partial charge in [0.2, 0.25) is 0 Å². The zero-order valence-corrected chi connectivity index (χ0v) is 19.5. The van der Waals surface area contributed by atoms with Crippen LogP contribution in [0.1, 0.15) is 40.0 Å². The van der Waals surface area contributed by atoms with Gasteiger partial charge < -0.3 is 19.5 Å². The Labute approximate surface area is 188 Å². The first-order valence-corrected chi connectivity index (χ1v) is 11.1. The van der Waals surface area contributed by atoms with Crippen molar-refractivity contribution in [1.29, 1.82) is 0 Å². The molecule has 0 spiro atoms. The van der Waals surface area contributed by atoms with E-state index in [1.165, 1.54) is 4.57 Å². The largest absolute Gasteiger partial charge is 0.444 e. The first-order valence-electron chi connectivity index (χ1n) is 10.0. The van der Waals surface area contributed by atoms with Crippen LogP contribution in [-0.4, -0.2) is 46.5 Å². The molecule has 1 saturated heterocycles. The minimum atomic E-state index is -4.28. The lowest BCUT2D eigenvalue weighted by Crippen LogP contribution is -2.37. The Morgan fingerprint density at radius 2 is 1.97 bits per heavy atom. The highest BCUT2D eigenvalue weighted by Gasteiger charge is 2.30. The van der Waals surface area contributed by atoms with Gasteiger partial charge in [0.05, 0.1) is 9.22 Å². The van der Waals surface area contributed by atoms with Crippen LogP contribution >= 0.6 is 22.6 Å². The van der Waals surface area contributed by atoms with E-state index < -0.39 is 18.3 Å². The highest BCUT2D eigenvalue weighted by molar-refractivity contribution is 14.1. The summed E-state index contributed by atoms with van der Waals surface area (Å²) < 4.78 is 46.2.